The third-order valence-electron chi connectivity index (χ3n) is 5.98. The van der Waals surface area contributed by atoms with Gasteiger partial charge in [-0.05, 0) is 56.0 Å². The quantitative estimate of drug-likeness (QED) is 0.247. The van der Waals surface area contributed by atoms with Gasteiger partial charge in [0.1, 0.15) is 0 Å². The lowest BCUT2D eigenvalue weighted by Gasteiger charge is -2.09. The maximum atomic E-state index is 13.2. The summed E-state index contributed by atoms with van der Waals surface area (Å²) in [7, 11) is 0. The molecule has 0 radical (unpaired) electrons. The Bertz CT molecular complexity index is 1180. The lowest BCUT2D eigenvalue weighted by Crippen LogP contribution is -2.03. The summed E-state index contributed by atoms with van der Waals surface area (Å²) in [6, 6.07) is 20.7. The molecule has 0 N–H and O–H groups in total. The number of carbonyl (C=O) groups excluding carboxylic acids is 1. The molecule has 148 valence electrons. The van der Waals surface area contributed by atoms with Crippen LogP contribution in [0.15, 0.2) is 60.7 Å². The highest BCUT2D eigenvalue weighted by atomic mass is 16.1. The third kappa shape index (κ3) is 3.48. The number of hydrogen-bond acceptors (Lipinski definition) is 1. The Morgan fingerprint density at radius 1 is 0.897 bits per heavy atom. The van der Waals surface area contributed by atoms with Gasteiger partial charge in [0.05, 0.1) is 5.52 Å². The first kappa shape index (κ1) is 19.4. The number of nitrogens with zero attached hydrogens (tertiary/aromatic N) is 1. The summed E-state index contributed by atoms with van der Waals surface area (Å²) >= 11 is 0. The molecule has 1 aromatic heterocycles. The van der Waals surface area contributed by atoms with Crippen LogP contribution in [-0.4, -0.2) is 10.4 Å². The summed E-state index contributed by atoms with van der Waals surface area (Å²) in [5.41, 5.74) is 6.53. The van der Waals surface area contributed by atoms with Crippen molar-refractivity contribution in [3.05, 3.63) is 82.9 Å². The molecule has 2 nitrogen and oxygen atoms in total. The first-order valence-electron chi connectivity index (χ1n) is 10.8. The number of hydrogen-bond donors (Lipinski definition) is 0. The number of benzene rings is 3. The number of aryl methyl sites for hydroxylation is 3. The molecule has 3 aromatic carbocycles. The van der Waals surface area contributed by atoms with Gasteiger partial charge in [0.2, 0.25) is 0 Å². The van der Waals surface area contributed by atoms with Crippen LogP contribution in [0.25, 0.3) is 21.8 Å². The fourth-order valence-corrected chi connectivity index (χ4v) is 4.46. The summed E-state index contributed by atoms with van der Waals surface area (Å²) in [4.78, 5) is 13.2. The van der Waals surface area contributed by atoms with Gasteiger partial charge in [0, 0.05) is 34.0 Å². The van der Waals surface area contributed by atoms with E-state index in [9.17, 15) is 4.79 Å². The van der Waals surface area contributed by atoms with Crippen LogP contribution in [0.3, 0.4) is 0 Å². The standard InChI is InChI=1S/C27H29NO/c1-4-6-7-12-20-13-10-15-23-24-18-21(16-17-25(24)28(5-2)26(20)23)27(29)22-14-9-8-11-19(22)3/h8-11,13-18H,4-7,12H2,1-3H3. The van der Waals surface area contributed by atoms with Gasteiger partial charge >= 0.3 is 0 Å². The molecule has 2 heteroatoms. The summed E-state index contributed by atoms with van der Waals surface area (Å²) in [6.45, 7) is 7.37. The molecule has 4 aromatic rings. The molecule has 4 rings (SSSR count). The van der Waals surface area contributed by atoms with Crippen molar-refractivity contribution in [2.75, 3.05) is 0 Å². The molecule has 0 aliphatic carbocycles. The summed E-state index contributed by atoms with van der Waals surface area (Å²) in [5.74, 6) is 0.0986. The van der Waals surface area contributed by atoms with E-state index in [0.717, 1.165) is 29.7 Å². The maximum absolute atomic E-state index is 13.2. The Kier molecular flexibility index (Phi) is 5.53. The smallest absolute Gasteiger partial charge is 0.193 e. The van der Waals surface area contributed by atoms with Gasteiger partial charge in [0.25, 0.3) is 0 Å². The van der Waals surface area contributed by atoms with E-state index in [2.05, 4.69) is 48.7 Å². The van der Waals surface area contributed by atoms with E-state index in [1.54, 1.807) is 0 Å². The molecule has 0 saturated carbocycles. The second-order valence-electron chi connectivity index (χ2n) is 7.89. The SMILES string of the molecule is CCCCCc1cccc2c3cc(C(=O)c4ccccc4C)ccc3n(CC)c12. The molecule has 1 heterocycles. The molecule has 0 saturated heterocycles. The molecular formula is C27H29NO. The van der Waals surface area contributed by atoms with Crippen molar-refractivity contribution in [2.45, 2.75) is 53.0 Å². The van der Waals surface area contributed by atoms with Crippen molar-refractivity contribution in [1.82, 2.24) is 4.57 Å². The normalized spacial score (nSPS) is 11.4. The van der Waals surface area contributed by atoms with Gasteiger partial charge in [0.15, 0.2) is 5.78 Å². The predicted molar refractivity (Wildman–Crippen MR) is 123 cm³/mol. The van der Waals surface area contributed by atoms with E-state index >= 15 is 0 Å². The Morgan fingerprint density at radius 2 is 1.72 bits per heavy atom. The van der Waals surface area contributed by atoms with Crippen LogP contribution in [0.1, 0.15) is 60.2 Å². The Balaban J connectivity index is 1.87. The Hall–Kier alpha value is -2.87. The van der Waals surface area contributed by atoms with Crippen molar-refractivity contribution >= 4 is 27.6 Å². The van der Waals surface area contributed by atoms with Crippen LogP contribution in [0.4, 0.5) is 0 Å². The lowest BCUT2D eigenvalue weighted by molar-refractivity contribution is 0.103. The maximum Gasteiger partial charge on any atom is 0.193 e. The largest absolute Gasteiger partial charge is 0.341 e. The zero-order valence-corrected chi connectivity index (χ0v) is 17.7. The van der Waals surface area contributed by atoms with E-state index in [1.807, 2.05) is 37.3 Å². The van der Waals surface area contributed by atoms with Crippen molar-refractivity contribution in [1.29, 1.82) is 0 Å². The minimum Gasteiger partial charge on any atom is -0.341 e. The van der Waals surface area contributed by atoms with Crippen molar-refractivity contribution in [3.63, 3.8) is 0 Å². The van der Waals surface area contributed by atoms with Crippen molar-refractivity contribution in [2.24, 2.45) is 0 Å². The number of para-hydroxylation sites is 1. The highest BCUT2D eigenvalue weighted by molar-refractivity contribution is 6.15. The number of fused-ring (bicyclic) bond motifs is 3. The van der Waals surface area contributed by atoms with Crippen LogP contribution < -0.4 is 0 Å². The topological polar surface area (TPSA) is 22.0 Å². The van der Waals surface area contributed by atoms with Crippen LogP contribution in [0, 0.1) is 6.92 Å². The van der Waals surface area contributed by atoms with E-state index in [0.29, 0.717) is 0 Å². The molecule has 0 aliphatic rings. The monoisotopic (exact) mass is 383 g/mol. The molecule has 0 fully saturated rings. The molecular weight excluding hydrogens is 354 g/mol. The summed E-state index contributed by atoms with van der Waals surface area (Å²) in [6.07, 6.45) is 4.82. The fraction of sp³-hybridized carbons (Fsp3) is 0.296. The minimum absolute atomic E-state index is 0.0986. The van der Waals surface area contributed by atoms with E-state index < -0.39 is 0 Å². The van der Waals surface area contributed by atoms with Gasteiger partial charge in [-0.3, -0.25) is 4.79 Å². The molecule has 0 amide bonds. The molecule has 0 bridgehead atoms. The van der Waals surface area contributed by atoms with Crippen molar-refractivity contribution in [3.8, 4) is 0 Å². The van der Waals surface area contributed by atoms with Gasteiger partial charge in [-0.2, -0.15) is 0 Å². The number of unbranched alkanes of at least 4 members (excludes halogenated alkanes) is 2. The first-order valence-corrected chi connectivity index (χ1v) is 10.8. The molecule has 0 aliphatic heterocycles. The Morgan fingerprint density at radius 3 is 2.48 bits per heavy atom. The highest BCUT2D eigenvalue weighted by Crippen LogP contribution is 2.33. The Labute approximate surface area is 173 Å². The van der Waals surface area contributed by atoms with Gasteiger partial charge in [-0.15, -0.1) is 0 Å². The molecule has 0 unspecified atom stereocenters. The average molecular weight is 384 g/mol. The lowest BCUT2D eigenvalue weighted by atomic mass is 9.97. The van der Waals surface area contributed by atoms with Crippen LogP contribution in [0.2, 0.25) is 0 Å². The number of carbonyl (C=O) groups is 1. The molecule has 29 heavy (non-hydrogen) atoms. The van der Waals surface area contributed by atoms with Gasteiger partial charge in [-0.25, -0.2) is 0 Å². The number of aromatic nitrogens is 1. The number of ketones is 1. The van der Waals surface area contributed by atoms with E-state index in [1.165, 1.54) is 46.6 Å². The summed E-state index contributed by atoms with van der Waals surface area (Å²) < 4.78 is 2.41. The molecule has 0 atom stereocenters. The average Bonchev–Trinajstić information content (AvgIpc) is 3.07. The van der Waals surface area contributed by atoms with Crippen LogP contribution in [-0.2, 0) is 13.0 Å². The molecule has 0 spiro atoms. The second-order valence-corrected chi connectivity index (χ2v) is 7.89. The van der Waals surface area contributed by atoms with E-state index in [4.69, 9.17) is 0 Å². The minimum atomic E-state index is 0.0986. The van der Waals surface area contributed by atoms with Crippen LogP contribution >= 0.6 is 0 Å². The van der Waals surface area contributed by atoms with E-state index in [-0.39, 0.29) is 5.78 Å². The van der Waals surface area contributed by atoms with Gasteiger partial charge < -0.3 is 4.57 Å². The predicted octanol–water partition coefficient (Wildman–Crippen LogP) is 7.09. The number of rotatable bonds is 7. The zero-order valence-electron chi connectivity index (χ0n) is 17.7. The van der Waals surface area contributed by atoms with Gasteiger partial charge in [-0.1, -0.05) is 62.2 Å². The fourth-order valence-electron chi connectivity index (χ4n) is 4.46. The van der Waals surface area contributed by atoms with Crippen molar-refractivity contribution < 1.29 is 4.79 Å². The third-order valence-corrected chi connectivity index (χ3v) is 5.98. The zero-order chi connectivity index (χ0) is 20.4. The van der Waals surface area contributed by atoms with Crippen LogP contribution in [0.5, 0.6) is 0 Å². The second kappa shape index (κ2) is 8.24. The first-order chi connectivity index (χ1) is 14.2. The summed E-state index contributed by atoms with van der Waals surface area (Å²) in [5, 5.41) is 2.44. The highest BCUT2D eigenvalue weighted by Gasteiger charge is 2.17.